The number of hydroxylamine groups is 3. The fourth-order valence-electron chi connectivity index (χ4n) is 14.5. The lowest BCUT2D eigenvalue weighted by Crippen LogP contribution is -2.41. The predicted molar refractivity (Wildman–Crippen MR) is 396 cm³/mol. The molecule has 6 N–H and O–H groups in total. The summed E-state index contributed by atoms with van der Waals surface area (Å²) >= 11 is 19.5. The first-order chi connectivity index (χ1) is 50.9. The van der Waals surface area contributed by atoms with Gasteiger partial charge in [0.05, 0.1) is 78.8 Å². The lowest BCUT2D eigenvalue weighted by atomic mass is 9.91. The maximum Gasteiger partial charge on any atom is 0.313 e. The highest BCUT2D eigenvalue weighted by Crippen LogP contribution is 2.59. The van der Waals surface area contributed by atoms with Gasteiger partial charge < -0.3 is 33.5 Å². The van der Waals surface area contributed by atoms with Crippen LogP contribution < -0.4 is 30.7 Å². The fourth-order valence-corrected chi connectivity index (χ4v) is 15.4. The van der Waals surface area contributed by atoms with Crippen LogP contribution in [0.1, 0.15) is 96.9 Å². The van der Waals surface area contributed by atoms with Crippen molar-refractivity contribution in [3.05, 3.63) is 211 Å². The third-order valence-electron chi connectivity index (χ3n) is 20.3. The number of fused-ring (bicyclic) bond motifs is 3. The highest BCUT2D eigenvalue weighted by Gasteiger charge is 2.66. The monoisotopic (exact) mass is 1500 g/mol. The number of aryl methyl sites for hydroxylation is 3. The van der Waals surface area contributed by atoms with Gasteiger partial charge in [-0.15, -0.1) is 0 Å². The Morgan fingerprint density at radius 2 is 0.962 bits per heavy atom. The Morgan fingerprint density at radius 1 is 0.538 bits per heavy atom. The number of likely N-dealkylation sites (tertiary alicyclic amines) is 1. The second-order valence-electron chi connectivity index (χ2n) is 27.6. The van der Waals surface area contributed by atoms with Crippen LogP contribution in [0.25, 0.3) is 32.7 Å². The summed E-state index contributed by atoms with van der Waals surface area (Å²) in [5.74, 6) is -4.38. The van der Waals surface area contributed by atoms with Gasteiger partial charge in [0.2, 0.25) is 23.6 Å². The number of carbonyl (C=O) groups excluding carboxylic acids is 6. The molecule has 9 aromatic rings. The largest absolute Gasteiger partial charge is 0.487 e. The molecular formula is C80H84Cl3FN8O14. The number of nitrogens with one attached hydrogen (secondary N) is 3. The zero-order chi connectivity index (χ0) is 75.8. The Labute approximate surface area is 627 Å². The van der Waals surface area contributed by atoms with E-state index in [1.54, 1.807) is 71.6 Å². The second kappa shape index (κ2) is 33.5. The first kappa shape index (κ1) is 77.5. The fraction of sp³-hybridized carbons (Fsp3) is 0.362. The van der Waals surface area contributed by atoms with Crippen LogP contribution in [0.2, 0.25) is 15.1 Å². The smallest absolute Gasteiger partial charge is 0.313 e. The molecule has 4 heterocycles. The summed E-state index contributed by atoms with van der Waals surface area (Å²) in [4.78, 5) is 92.6. The average molecular weight is 1510 g/mol. The molecule has 3 saturated carbocycles. The van der Waals surface area contributed by atoms with Crippen LogP contribution in [0.5, 0.6) is 17.2 Å². The molecule has 106 heavy (non-hydrogen) atoms. The molecule has 7 atom stereocenters. The van der Waals surface area contributed by atoms with E-state index in [4.69, 9.17) is 68.9 Å². The maximum absolute atomic E-state index is 15.2. The number of hydrogen-bond donors (Lipinski definition) is 6. The van der Waals surface area contributed by atoms with E-state index < -0.39 is 69.5 Å². The van der Waals surface area contributed by atoms with Crippen LogP contribution in [0.15, 0.2) is 140 Å². The number of nitrogens with zero attached hydrogens (tertiary/aromatic N) is 5. The molecule has 0 unspecified atom stereocenters. The van der Waals surface area contributed by atoms with E-state index in [0.717, 1.165) is 84.9 Å². The summed E-state index contributed by atoms with van der Waals surface area (Å²) in [6, 6.07) is 43.1. The Bertz CT molecular complexity index is 4800. The number of esters is 2. The summed E-state index contributed by atoms with van der Waals surface area (Å²) in [6.07, 6.45) is 3.21. The summed E-state index contributed by atoms with van der Waals surface area (Å²) < 4.78 is 43.5. The number of carbonyl (C=O) groups is 6. The van der Waals surface area contributed by atoms with Gasteiger partial charge in [0.1, 0.15) is 25.6 Å². The Morgan fingerprint density at radius 3 is 1.43 bits per heavy atom. The molecule has 0 spiro atoms. The van der Waals surface area contributed by atoms with Gasteiger partial charge in [-0.3, -0.25) is 59.3 Å². The zero-order valence-electron chi connectivity index (χ0n) is 59.8. The quantitative estimate of drug-likeness (QED) is 0.0176. The van der Waals surface area contributed by atoms with Gasteiger partial charge in [-0.05, 0) is 183 Å². The molecule has 22 nitrogen and oxygen atoms in total. The molecule has 0 bridgehead atoms. The Hall–Kier alpha value is -9.59. The van der Waals surface area contributed by atoms with Crippen molar-refractivity contribution >= 4 is 103 Å². The van der Waals surface area contributed by atoms with Crippen molar-refractivity contribution in [2.45, 2.75) is 112 Å². The van der Waals surface area contributed by atoms with Gasteiger partial charge in [0, 0.05) is 69.1 Å². The molecule has 26 heteroatoms. The maximum atomic E-state index is 15.2. The zero-order valence-corrected chi connectivity index (χ0v) is 62.0. The van der Waals surface area contributed by atoms with E-state index in [2.05, 4.69) is 19.9 Å². The number of likely N-dealkylation sites (N-methyl/N-ethyl adjacent to an activating group) is 1. The van der Waals surface area contributed by atoms with Gasteiger partial charge in [0.15, 0.2) is 17.3 Å². The van der Waals surface area contributed by atoms with E-state index in [0.29, 0.717) is 70.2 Å². The number of ether oxygens (including phenoxy) is 5. The molecule has 4 fully saturated rings. The minimum atomic E-state index is -1.06. The number of hydrogen-bond acceptors (Lipinski definition) is 18. The predicted octanol–water partition coefficient (Wildman–Crippen LogP) is 13.2. The van der Waals surface area contributed by atoms with E-state index in [1.807, 2.05) is 132 Å². The molecule has 4 amide bonds. The van der Waals surface area contributed by atoms with Crippen molar-refractivity contribution in [1.29, 1.82) is 0 Å². The summed E-state index contributed by atoms with van der Waals surface area (Å²) in [5, 5.41) is 31.2. The van der Waals surface area contributed by atoms with Crippen molar-refractivity contribution in [2.24, 2.45) is 34.0 Å². The SMILES string of the molecule is CCOC(=O)[C@@]1(Cc2cc(Cl)c(OCc3cc(C)nc4ccccc34)c(Cl)c2)C[C@@H]1C(=O)NO.CCOC(=O)[C@@]1(Cc2ccc(OCc3cc(C)nc4ccccc34)c(Cl)c2)C[C@@H]1C(=O)NO.CCc1cc(COc2ccc(C[C@]3(C(=O)N4CC[C@H](N(C)C)C4)C[C@@H]3C(=O)NO)cc2F)c2ccccc2n1. The average Bonchev–Trinajstić information content (AvgIpc) is 1.56. The van der Waals surface area contributed by atoms with Crippen LogP contribution in [-0.2, 0) is 83.7 Å². The molecule has 4 aliphatic rings. The summed E-state index contributed by atoms with van der Waals surface area (Å²) in [6.45, 7) is 11.7. The number of amides is 4. The first-order valence-corrected chi connectivity index (χ1v) is 36.2. The highest BCUT2D eigenvalue weighted by molar-refractivity contribution is 6.37. The number of pyridine rings is 3. The standard InChI is InChI=1S/C30H35FN4O4.C25H24Cl2N2O5.C25H25ClN2O5/c1-4-21-14-20(23-7-5-6-8-26(23)32-21)18-39-27-10-9-19(13-25(27)31)15-30(16-24(30)28(36)33-38)29(37)35-12-11-22(17-35)34(2)3;1-3-33-24(31)25(12-18(25)23(30)29-32)11-15-9-19(26)22(20(27)10-15)34-13-16-8-14(2)28-21-7-5-4-6-17(16)21;1-3-32-24(30)25(13-19(25)23(29)28-31)12-16-8-9-22(20(26)11-16)33-14-17-10-15(2)27-21-7-5-4-6-18(17)21/h5-10,13-14,22,24,38H,4,11-12,15-18H2,1-3H3,(H,33,36);4-10,18,32H,3,11-13H2,1-2H3,(H,29,30);4-11,19,31H,3,12-14H2,1-2H3,(H,28,29)/t22-,24+,30-;18-,25+;19-,25+/m011/s1. The molecular weight excluding hydrogens is 1420 g/mol. The van der Waals surface area contributed by atoms with E-state index in [9.17, 15) is 34.0 Å². The molecule has 0 radical (unpaired) electrons. The van der Waals surface area contributed by atoms with Crippen molar-refractivity contribution < 1.29 is 72.5 Å². The number of para-hydroxylation sites is 3. The molecule has 556 valence electrons. The van der Waals surface area contributed by atoms with Crippen molar-refractivity contribution in [2.75, 3.05) is 40.4 Å². The second-order valence-corrected chi connectivity index (χ2v) is 28.8. The lowest BCUT2D eigenvalue weighted by Gasteiger charge is -2.25. The van der Waals surface area contributed by atoms with E-state index in [1.165, 1.54) is 6.07 Å². The minimum absolute atomic E-state index is 0.113. The first-order valence-electron chi connectivity index (χ1n) is 35.1. The van der Waals surface area contributed by atoms with Crippen LogP contribution in [-0.4, -0.2) is 122 Å². The normalized spacial score (nSPS) is 20.3. The topological polar surface area (TPSA) is 290 Å². The van der Waals surface area contributed by atoms with Crippen molar-refractivity contribution in [3.8, 4) is 17.2 Å². The van der Waals surface area contributed by atoms with Crippen LogP contribution >= 0.6 is 34.8 Å². The number of aromatic nitrogens is 3. The molecule has 1 aliphatic heterocycles. The van der Waals surface area contributed by atoms with Crippen LogP contribution in [0.3, 0.4) is 0 Å². The van der Waals surface area contributed by atoms with E-state index in [-0.39, 0.29) is 69.8 Å². The van der Waals surface area contributed by atoms with Crippen molar-refractivity contribution in [1.82, 2.24) is 41.2 Å². The molecule has 6 aromatic carbocycles. The number of rotatable bonds is 25. The van der Waals surface area contributed by atoms with Gasteiger partial charge in [0.25, 0.3) is 0 Å². The van der Waals surface area contributed by atoms with E-state index >= 15 is 4.39 Å². The third kappa shape index (κ3) is 17.1. The van der Waals surface area contributed by atoms with Gasteiger partial charge in [-0.1, -0.05) is 108 Å². The molecule has 3 aromatic heterocycles. The minimum Gasteiger partial charge on any atom is -0.487 e. The summed E-state index contributed by atoms with van der Waals surface area (Å²) in [7, 11) is 3.97. The Kier molecular flexibility index (Phi) is 24.5. The molecule has 1 saturated heterocycles. The molecule has 13 rings (SSSR count). The highest BCUT2D eigenvalue weighted by atomic mass is 35.5. The number of benzene rings is 6. The van der Waals surface area contributed by atoms with Crippen LogP contribution in [0.4, 0.5) is 4.39 Å². The Balaban J connectivity index is 0.000000159. The van der Waals surface area contributed by atoms with Crippen LogP contribution in [0, 0.1) is 53.7 Å². The number of halogens is 4. The molecule has 3 aliphatic carbocycles. The van der Waals surface area contributed by atoms with Gasteiger partial charge in [-0.25, -0.2) is 20.8 Å². The summed E-state index contributed by atoms with van der Waals surface area (Å²) in [5.41, 5.74) is 12.2. The lowest BCUT2D eigenvalue weighted by molar-refractivity contribution is -0.152. The van der Waals surface area contributed by atoms with Gasteiger partial charge in [-0.2, -0.15) is 0 Å². The third-order valence-corrected chi connectivity index (χ3v) is 21.2. The van der Waals surface area contributed by atoms with Crippen molar-refractivity contribution in [3.63, 3.8) is 0 Å². The van der Waals surface area contributed by atoms with Gasteiger partial charge >= 0.3 is 11.9 Å².